The van der Waals surface area contributed by atoms with E-state index in [1.165, 1.54) is 7.11 Å². The topological polar surface area (TPSA) is 152 Å². The van der Waals surface area contributed by atoms with Crippen LogP contribution in [0.4, 0.5) is 9.59 Å². The smallest absolute Gasteiger partial charge is 0.410 e. The quantitative estimate of drug-likeness (QED) is 0.260. The number of nitrogens with one attached hydrogen (secondary N) is 3. The zero-order chi connectivity index (χ0) is 31.9. The third kappa shape index (κ3) is 8.51. The van der Waals surface area contributed by atoms with Gasteiger partial charge in [-0.05, 0) is 57.6 Å². The van der Waals surface area contributed by atoms with Crippen molar-refractivity contribution in [3.05, 3.63) is 47.5 Å². The molecule has 0 aromatic heterocycles. The highest BCUT2D eigenvalue weighted by Gasteiger charge is 2.61. The number of benzene rings is 1. The van der Waals surface area contributed by atoms with Gasteiger partial charge in [0.1, 0.15) is 23.2 Å². The lowest BCUT2D eigenvalue weighted by Crippen LogP contribution is -2.57. The minimum Gasteiger partial charge on any atom is -0.467 e. The minimum absolute atomic E-state index is 0.0545. The van der Waals surface area contributed by atoms with Crippen LogP contribution in [0.1, 0.15) is 76.8 Å². The SMILES string of the molecule is COC(=O)[C@@]12CC1/C=C\CCCCC[C@H](NC(=O)OC(C)(C)C)C(=O)N[C@@H](CCOC(=O)N1Cc3ccccc3C1)C(=O)N2. The van der Waals surface area contributed by atoms with Crippen molar-refractivity contribution in [3.63, 3.8) is 0 Å². The summed E-state index contributed by atoms with van der Waals surface area (Å²) >= 11 is 0. The van der Waals surface area contributed by atoms with Crippen LogP contribution in [0.25, 0.3) is 0 Å². The molecule has 1 aliphatic carbocycles. The summed E-state index contributed by atoms with van der Waals surface area (Å²) < 4.78 is 15.9. The van der Waals surface area contributed by atoms with Gasteiger partial charge in [-0.2, -0.15) is 0 Å². The van der Waals surface area contributed by atoms with Crippen molar-refractivity contribution in [3.8, 4) is 0 Å². The second-order valence-electron chi connectivity index (χ2n) is 12.6. The second kappa shape index (κ2) is 14.1. The summed E-state index contributed by atoms with van der Waals surface area (Å²) in [6, 6.07) is 5.62. The van der Waals surface area contributed by atoms with Gasteiger partial charge < -0.3 is 30.2 Å². The number of amides is 4. The Kier molecular flexibility index (Phi) is 10.5. The molecular formula is C32H44N4O8. The molecule has 0 spiro atoms. The Morgan fingerprint density at radius 1 is 1.05 bits per heavy atom. The number of ether oxygens (including phenoxy) is 3. The zero-order valence-electron chi connectivity index (χ0n) is 26.0. The number of fused-ring (bicyclic) bond motifs is 2. The maximum absolute atomic E-state index is 13.6. The largest absolute Gasteiger partial charge is 0.467 e. The maximum Gasteiger partial charge on any atom is 0.410 e. The Balaban J connectivity index is 1.48. The summed E-state index contributed by atoms with van der Waals surface area (Å²) in [6.45, 7) is 5.85. The highest BCUT2D eigenvalue weighted by molar-refractivity contribution is 5.96. The molecule has 1 aromatic carbocycles. The summed E-state index contributed by atoms with van der Waals surface area (Å²) in [4.78, 5) is 66.9. The zero-order valence-corrected chi connectivity index (χ0v) is 26.0. The lowest BCUT2D eigenvalue weighted by Gasteiger charge is -2.26. The molecule has 1 saturated carbocycles. The monoisotopic (exact) mass is 612 g/mol. The summed E-state index contributed by atoms with van der Waals surface area (Å²) in [7, 11) is 1.26. The fourth-order valence-corrected chi connectivity index (χ4v) is 5.56. The van der Waals surface area contributed by atoms with E-state index in [1.807, 2.05) is 36.4 Å². The first-order valence-electron chi connectivity index (χ1n) is 15.3. The van der Waals surface area contributed by atoms with E-state index in [0.717, 1.165) is 30.4 Å². The van der Waals surface area contributed by atoms with Gasteiger partial charge in [-0.1, -0.05) is 49.3 Å². The van der Waals surface area contributed by atoms with Crippen molar-refractivity contribution in [1.82, 2.24) is 20.9 Å². The van der Waals surface area contributed by atoms with Crippen molar-refractivity contribution >= 4 is 30.0 Å². The molecule has 4 rings (SSSR count). The van der Waals surface area contributed by atoms with E-state index in [0.29, 0.717) is 32.4 Å². The number of carbonyl (C=O) groups is 5. The van der Waals surface area contributed by atoms with Gasteiger partial charge in [-0.15, -0.1) is 0 Å². The molecule has 3 aliphatic rings. The molecule has 4 atom stereocenters. The van der Waals surface area contributed by atoms with Gasteiger partial charge in [-0.25, -0.2) is 14.4 Å². The number of alkyl carbamates (subject to hydrolysis) is 1. The molecule has 12 heteroatoms. The molecule has 0 saturated heterocycles. The van der Waals surface area contributed by atoms with E-state index < -0.39 is 53.2 Å². The van der Waals surface area contributed by atoms with Crippen LogP contribution in [-0.4, -0.2) is 71.8 Å². The van der Waals surface area contributed by atoms with Crippen molar-refractivity contribution in [1.29, 1.82) is 0 Å². The number of hydrogen-bond acceptors (Lipinski definition) is 8. The van der Waals surface area contributed by atoms with Crippen molar-refractivity contribution < 1.29 is 38.2 Å². The molecule has 1 aromatic rings. The summed E-state index contributed by atoms with van der Waals surface area (Å²) in [5.41, 5.74) is 0.0846. The molecule has 0 bridgehead atoms. The van der Waals surface area contributed by atoms with Crippen molar-refractivity contribution in [2.24, 2.45) is 5.92 Å². The third-order valence-electron chi connectivity index (χ3n) is 8.01. The molecule has 1 unspecified atom stereocenters. The molecule has 2 heterocycles. The van der Waals surface area contributed by atoms with Crippen LogP contribution in [-0.2, 0) is 41.7 Å². The number of nitrogens with zero attached hydrogens (tertiary/aromatic N) is 1. The predicted octanol–water partition coefficient (Wildman–Crippen LogP) is 3.48. The lowest BCUT2D eigenvalue weighted by atomic mass is 10.1. The fraction of sp³-hybridized carbons (Fsp3) is 0.594. The molecular weight excluding hydrogens is 568 g/mol. The first-order chi connectivity index (χ1) is 20.9. The molecule has 1 fully saturated rings. The van der Waals surface area contributed by atoms with Gasteiger partial charge >= 0.3 is 18.2 Å². The van der Waals surface area contributed by atoms with E-state index in [-0.39, 0.29) is 18.9 Å². The Labute approximate surface area is 258 Å². The highest BCUT2D eigenvalue weighted by atomic mass is 16.6. The number of hydrogen-bond donors (Lipinski definition) is 3. The first-order valence-corrected chi connectivity index (χ1v) is 15.3. The molecule has 44 heavy (non-hydrogen) atoms. The van der Waals surface area contributed by atoms with E-state index in [4.69, 9.17) is 14.2 Å². The second-order valence-corrected chi connectivity index (χ2v) is 12.6. The van der Waals surface area contributed by atoms with Gasteiger partial charge in [-0.3, -0.25) is 14.5 Å². The number of allylic oxidation sites excluding steroid dienone is 1. The minimum atomic E-state index is -1.24. The Hall–Kier alpha value is -4.09. The van der Waals surface area contributed by atoms with Gasteiger partial charge in [0.15, 0.2) is 0 Å². The van der Waals surface area contributed by atoms with Gasteiger partial charge in [0.25, 0.3) is 0 Å². The molecule has 240 valence electrons. The van der Waals surface area contributed by atoms with Crippen LogP contribution in [0.5, 0.6) is 0 Å². The first kappa shape index (κ1) is 32.8. The van der Waals surface area contributed by atoms with Gasteiger partial charge in [0.2, 0.25) is 11.8 Å². The highest BCUT2D eigenvalue weighted by Crippen LogP contribution is 2.46. The van der Waals surface area contributed by atoms with Crippen LogP contribution in [0.2, 0.25) is 0 Å². The van der Waals surface area contributed by atoms with Crippen molar-refractivity contribution in [2.45, 2.75) is 102 Å². The van der Waals surface area contributed by atoms with Crippen LogP contribution >= 0.6 is 0 Å². The van der Waals surface area contributed by atoms with Gasteiger partial charge in [0, 0.05) is 25.4 Å². The van der Waals surface area contributed by atoms with Crippen LogP contribution in [0, 0.1) is 5.92 Å². The molecule has 12 nitrogen and oxygen atoms in total. The van der Waals surface area contributed by atoms with E-state index in [2.05, 4.69) is 16.0 Å². The molecule has 0 radical (unpaired) electrons. The average Bonchev–Trinajstić information content (AvgIpc) is 3.47. The van der Waals surface area contributed by atoms with Crippen LogP contribution in [0.3, 0.4) is 0 Å². The average molecular weight is 613 g/mol. The Bertz CT molecular complexity index is 1250. The lowest BCUT2D eigenvalue weighted by molar-refractivity contribution is -0.147. The Morgan fingerprint density at radius 2 is 1.75 bits per heavy atom. The maximum atomic E-state index is 13.6. The van der Waals surface area contributed by atoms with E-state index in [1.54, 1.807) is 25.7 Å². The molecule has 4 amide bonds. The summed E-state index contributed by atoms with van der Waals surface area (Å²) in [5.74, 6) is -2.00. The van der Waals surface area contributed by atoms with E-state index in [9.17, 15) is 24.0 Å². The van der Waals surface area contributed by atoms with Crippen LogP contribution < -0.4 is 16.0 Å². The number of methoxy groups -OCH3 is 1. The van der Waals surface area contributed by atoms with E-state index >= 15 is 0 Å². The van der Waals surface area contributed by atoms with Gasteiger partial charge in [0.05, 0.1) is 13.7 Å². The summed E-state index contributed by atoms with van der Waals surface area (Å²) in [5, 5.41) is 8.18. The number of esters is 1. The Morgan fingerprint density at radius 3 is 2.41 bits per heavy atom. The van der Waals surface area contributed by atoms with Crippen LogP contribution in [0.15, 0.2) is 36.4 Å². The standard InChI is InChI=1S/C32H44N4O8/c1-31(2,3)44-29(40)34-24-15-9-7-5-6-8-14-23-18-32(23,28(39)42-4)35-27(38)25(33-26(24)37)16-17-43-30(41)36-19-21-12-10-11-13-22(21)20-36/h8,10-14,23-25H,5-7,9,15-20H2,1-4H3,(H,33,37)(H,34,40)(H,35,38)/b14-8-/t23?,24-,25-,32+/m0/s1. The number of rotatable bonds is 5. The summed E-state index contributed by atoms with van der Waals surface area (Å²) in [6.07, 6.45) is 6.39. The fourth-order valence-electron chi connectivity index (χ4n) is 5.56. The third-order valence-corrected chi connectivity index (χ3v) is 8.01. The molecule has 3 N–H and O–H groups in total. The predicted molar refractivity (Wildman–Crippen MR) is 160 cm³/mol. The molecule has 2 aliphatic heterocycles. The number of carbonyl (C=O) groups excluding carboxylic acids is 5. The van der Waals surface area contributed by atoms with Crippen molar-refractivity contribution in [2.75, 3.05) is 13.7 Å². The normalized spacial score (nSPS) is 26.4.